The molecule has 0 saturated carbocycles. The summed E-state index contributed by atoms with van der Waals surface area (Å²) in [5.74, 6) is 0.0113. The molecule has 3 aromatic rings. The van der Waals surface area contributed by atoms with Crippen LogP contribution >= 0.6 is 23.8 Å². The number of phenolic OH excluding ortho intramolecular Hbond substituents is 1. The lowest BCUT2D eigenvalue weighted by Crippen LogP contribution is -2.33. The quantitative estimate of drug-likeness (QED) is 0.336. The summed E-state index contributed by atoms with van der Waals surface area (Å²) in [6, 6.07) is 20.4. The Bertz CT molecular complexity index is 1110. The zero-order chi connectivity index (χ0) is 22.2. The monoisotopic (exact) mass is 451 g/mol. The fraction of sp³-hybridized carbons (Fsp3) is 0.125. The van der Waals surface area contributed by atoms with Crippen molar-refractivity contribution in [3.63, 3.8) is 0 Å². The van der Waals surface area contributed by atoms with Gasteiger partial charge >= 0.3 is 0 Å². The molecule has 158 valence electrons. The van der Waals surface area contributed by atoms with Gasteiger partial charge in [-0.15, -0.1) is 0 Å². The number of phenols is 1. The molecule has 3 rings (SSSR count). The highest BCUT2D eigenvalue weighted by molar-refractivity contribution is 7.80. The number of rotatable bonds is 6. The van der Waals surface area contributed by atoms with Gasteiger partial charge < -0.3 is 15.7 Å². The molecule has 7 heteroatoms. The molecule has 31 heavy (non-hydrogen) atoms. The summed E-state index contributed by atoms with van der Waals surface area (Å²) in [6.45, 7) is 1.76. The van der Waals surface area contributed by atoms with E-state index in [0.29, 0.717) is 29.1 Å². The Morgan fingerprint density at radius 2 is 1.87 bits per heavy atom. The van der Waals surface area contributed by atoms with E-state index in [4.69, 9.17) is 23.8 Å². The minimum atomic E-state index is -0.143. The molecular formula is C24H22ClN3O2S. The van der Waals surface area contributed by atoms with Gasteiger partial charge in [-0.1, -0.05) is 42.8 Å². The Labute approximate surface area is 191 Å². The number of benzene rings is 3. The number of carbonyl (C=O) groups excluding carboxylic acids is 1. The van der Waals surface area contributed by atoms with Gasteiger partial charge in [0.25, 0.3) is 0 Å². The number of nitrogens with zero attached hydrogens (tertiary/aromatic N) is 1. The molecule has 0 bridgehead atoms. The van der Waals surface area contributed by atoms with E-state index in [-0.39, 0.29) is 16.8 Å². The van der Waals surface area contributed by atoms with Crippen molar-refractivity contribution in [2.75, 3.05) is 5.32 Å². The molecule has 3 N–H and O–H groups in total. The maximum absolute atomic E-state index is 11.4. The molecule has 0 unspecified atom stereocenters. The van der Waals surface area contributed by atoms with Crippen molar-refractivity contribution in [3.8, 4) is 5.75 Å². The summed E-state index contributed by atoms with van der Waals surface area (Å²) >= 11 is 11.4. The van der Waals surface area contributed by atoms with Crippen LogP contribution in [0.4, 0.5) is 11.4 Å². The zero-order valence-corrected chi connectivity index (χ0v) is 18.5. The first-order valence-electron chi connectivity index (χ1n) is 9.75. The minimum absolute atomic E-state index is 0.143. The number of anilines is 1. The fourth-order valence-electron chi connectivity index (χ4n) is 2.83. The number of aliphatic imine (C=N–C) groups is 1. The van der Waals surface area contributed by atoms with Crippen molar-refractivity contribution in [3.05, 3.63) is 88.4 Å². The van der Waals surface area contributed by atoms with E-state index >= 15 is 0 Å². The van der Waals surface area contributed by atoms with Gasteiger partial charge in [-0.05, 0) is 72.2 Å². The molecule has 0 aromatic heterocycles. The molecule has 0 aliphatic rings. The van der Waals surface area contributed by atoms with Crippen LogP contribution in [0.3, 0.4) is 0 Å². The van der Waals surface area contributed by atoms with Gasteiger partial charge in [0.2, 0.25) is 5.91 Å². The second-order valence-electron chi connectivity index (χ2n) is 6.82. The van der Waals surface area contributed by atoms with Gasteiger partial charge in [0.05, 0.1) is 5.69 Å². The van der Waals surface area contributed by atoms with Crippen molar-refractivity contribution in [1.82, 2.24) is 5.32 Å². The Balaban J connectivity index is 1.68. The molecular weight excluding hydrogens is 430 g/mol. The average Bonchev–Trinajstić information content (AvgIpc) is 2.76. The highest BCUT2D eigenvalue weighted by Gasteiger charge is 2.05. The molecule has 0 fully saturated rings. The topological polar surface area (TPSA) is 73.7 Å². The first kappa shape index (κ1) is 22.5. The molecule has 0 atom stereocenters. The lowest BCUT2D eigenvalue weighted by Gasteiger charge is -2.09. The molecule has 3 aromatic carbocycles. The van der Waals surface area contributed by atoms with Crippen LogP contribution in [0.1, 0.15) is 30.0 Å². The van der Waals surface area contributed by atoms with Gasteiger partial charge in [-0.25, -0.2) is 0 Å². The zero-order valence-electron chi connectivity index (χ0n) is 16.9. The van der Waals surface area contributed by atoms with E-state index in [0.717, 1.165) is 16.8 Å². The number of amides is 1. The smallest absolute Gasteiger partial charge is 0.225 e. The number of carbonyl (C=O) groups is 1. The van der Waals surface area contributed by atoms with E-state index < -0.39 is 0 Å². The summed E-state index contributed by atoms with van der Waals surface area (Å²) in [4.78, 5) is 15.8. The molecule has 0 heterocycles. The molecule has 1 amide bonds. The van der Waals surface area contributed by atoms with Crippen LogP contribution in [0.15, 0.2) is 71.7 Å². The number of thiocarbonyl (C=S) groups is 1. The number of hydrogen-bond acceptors (Lipinski definition) is 4. The van der Waals surface area contributed by atoms with Crippen LogP contribution in [-0.4, -0.2) is 22.3 Å². The second kappa shape index (κ2) is 10.7. The number of halogens is 1. The first-order chi connectivity index (χ1) is 14.9. The molecule has 0 spiro atoms. The SMILES string of the molecule is CCC(=O)NC(=S)Nc1ccc(N=Cc2cc(Cc3ccccc3Cl)ccc2O)cc1. The fourth-order valence-corrected chi connectivity index (χ4v) is 3.27. The Morgan fingerprint density at radius 1 is 1.13 bits per heavy atom. The van der Waals surface area contributed by atoms with Crippen LogP contribution in [0, 0.1) is 0 Å². The van der Waals surface area contributed by atoms with Gasteiger partial charge in [-0.3, -0.25) is 9.79 Å². The first-order valence-corrected chi connectivity index (χ1v) is 10.5. The maximum atomic E-state index is 11.4. The maximum Gasteiger partial charge on any atom is 0.225 e. The van der Waals surface area contributed by atoms with Crippen molar-refractivity contribution in [2.24, 2.45) is 4.99 Å². The van der Waals surface area contributed by atoms with Crippen molar-refractivity contribution >= 4 is 52.4 Å². The van der Waals surface area contributed by atoms with E-state index in [9.17, 15) is 9.90 Å². The lowest BCUT2D eigenvalue weighted by molar-refractivity contribution is -0.119. The third-order valence-corrected chi connectivity index (χ3v) is 5.07. The predicted molar refractivity (Wildman–Crippen MR) is 131 cm³/mol. The standard InChI is InChI=1S/C24H22ClN3O2S/c1-2-23(30)28-24(31)27-20-10-8-19(9-11-20)26-15-18-14-16(7-12-22(18)29)13-17-5-3-4-6-21(17)25/h3-12,14-15,29H,2,13H2,1H3,(H2,27,28,30,31). The molecule has 0 aliphatic heterocycles. The summed E-state index contributed by atoms with van der Waals surface area (Å²) in [7, 11) is 0. The molecule has 0 saturated heterocycles. The van der Waals surface area contributed by atoms with Gasteiger partial charge in [0.15, 0.2) is 5.11 Å². The summed E-state index contributed by atoms with van der Waals surface area (Å²) in [5, 5.41) is 16.7. The van der Waals surface area contributed by atoms with Crippen LogP contribution in [0.2, 0.25) is 5.02 Å². The van der Waals surface area contributed by atoms with Gasteiger partial charge in [0.1, 0.15) is 5.75 Å². The Morgan fingerprint density at radius 3 is 2.58 bits per heavy atom. The van der Waals surface area contributed by atoms with Crippen molar-refractivity contribution in [1.29, 1.82) is 0 Å². The molecule has 5 nitrogen and oxygen atoms in total. The normalized spacial score (nSPS) is 10.8. The number of hydrogen-bond donors (Lipinski definition) is 3. The van der Waals surface area contributed by atoms with E-state index in [1.807, 2.05) is 60.7 Å². The third kappa shape index (κ3) is 6.64. The molecule has 0 radical (unpaired) electrons. The summed E-state index contributed by atoms with van der Waals surface area (Å²) < 4.78 is 0. The Kier molecular flexibility index (Phi) is 7.76. The highest BCUT2D eigenvalue weighted by atomic mass is 35.5. The van der Waals surface area contributed by atoms with Crippen LogP contribution in [0.25, 0.3) is 0 Å². The molecule has 0 aliphatic carbocycles. The minimum Gasteiger partial charge on any atom is -0.507 e. The highest BCUT2D eigenvalue weighted by Crippen LogP contribution is 2.23. The lowest BCUT2D eigenvalue weighted by atomic mass is 10.0. The second-order valence-corrected chi connectivity index (χ2v) is 7.64. The van der Waals surface area contributed by atoms with Crippen LogP contribution in [0.5, 0.6) is 5.75 Å². The van der Waals surface area contributed by atoms with Crippen LogP contribution in [-0.2, 0) is 11.2 Å². The van der Waals surface area contributed by atoms with E-state index in [1.54, 1.807) is 19.2 Å². The summed E-state index contributed by atoms with van der Waals surface area (Å²) in [6.07, 6.45) is 2.65. The van der Waals surface area contributed by atoms with Gasteiger partial charge in [-0.2, -0.15) is 0 Å². The van der Waals surface area contributed by atoms with E-state index in [2.05, 4.69) is 15.6 Å². The average molecular weight is 452 g/mol. The van der Waals surface area contributed by atoms with Gasteiger partial charge in [0, 0.05) is 28.9 Å². The van der Waals surface area contributed by atoms with Crippen LogP contribution < -0.4 is 10.6 Å². The largest absolute Gasteiger partial charge is 0.507 e. The third-order valence-electron chi connectivity index (χ3n) is 4.50. The Hall–Kier alpha value is -3.22. The van der Waals surface area contributed by atoms with Crippen molar-refractivity contribution in [2.45, 2.75) is 19.8 Å². The predicted octanol–water partition coefficient (Wildman–Crippen LogP) is 5.61. The number of nitrogens with one attached hydrogen (secondary N) is 2. The van der Waals surface area contributed by atoms with E-state index in [1.165, 1.54) is 0 Å². The summed E-state index contributed by atoms with van der Waals surface area (Å²) in [5.41, 5.74) is 4.12. The number of aromatic hydroxyl groups is 1. The van der Waals surface area contributed by atoms with Crippen molar-refractivity contribution < 1.29 is 9.90 Å².